The smallest absolute Gasteiger partial charge is 0.349 e. The maximum atomic E-state index is 12.3. The molecule has 0 spiro atoms. The Morgan fingerprint density at radius 2 is 1.90 bits per heavy atom. The largest absolute Gasteiger partial charge is 0.446 e. The van der Waals surface area contributed by atoms with E-state index in [1.54, 1.807) is 6.07 Å². The zero-order chi connectivity index (χ0) is 14.6. The van der Waals surface area contributed by atoms with Gasteiger partial charge in [0.15, 0.2) is 0 Å². The van der Waals surface area contributed by atoms with Crippen LogP contribution >= 0.6 is 11.8 Å². The van der Waals surface area contributed by atoms with Crippen molar-refractivity contribution in [3.8, 4) is 0 Å². The first-order valence-electron chi connectivity index (χ1n) is 6.61. The molecule has 0 atom stereocenters. The Morgan fingerprint density at radius 3 is 2.55 bits per heavy atom. The predicted octanol–water partition coefficient (Wildman–Crippen LogP) is 4.36. The molecule has 0 unspecified atom stereocenters. The molecule has 1 amide bonds. The first kappa shape index (κ1) is 15.2. The van der Waals surface area contributed by atoms with Crippen LogP contribution in [0.2, 0.25) is 0 Å². The second kappa shape index (κ2) is 6.52. The van der Waals surface area contributed by atoms with Crippen LogP contribution in [0, 0.1) is 0 Å². The van der Waals surface area contributed by atoms with Crippen LogP contribution < -0.4 is 5.32 Å². The summed E-state index contributed by atoms with van der Waals surface area (Å²) >= 11 is -0.202. The fourth-order valence-electron chi connectivity index (χ4n) is 2.35. The lowest BCUT2D eigenvalue weighted by Gasteiger charge is -2.22. The summed E-state index contributed by atoms with van der Waals surface area (Å²) < 4.78 is 36.9. The number of carbonyl (C=O) groups is 1. The molecule has 0 saturated heterocycles. The monoisotopic (exact) mass is 303 g/mol. The van der Waals surface area contributed by atoms with E-state index >= 15 is 0 Å². The van der Waals surface area contributed by atoms with E-state index in [0.717, 1.165) is 25.7 Å². The van der Waals surface area contributed by atoms with Gasteiger partial charge in [-0.3, -0.25) is 4.79 Å². The van der Waals surface area contributed by atoms with E-state index < -0.39 is 5.51 Å². The van der Waals surface area contributed by atoms with Gasteiger partial charge in [0, 0.05) is 16.5 Å². The number of carbonyl (C=O) groups excluding carboxylic acids is 1. The van der Waals surface area contributed by atoms with Gasteiger partial charge >= 0.3 is 5.51 Å². The van der Waals surface area contributed by atoms with Gasteiger partial charge in [0.05, 0.1) is 0 Å². The van der Waals surface area contributed by atoms with Crippen LogP contribution in [0.4, 0.5) is 13.2 Å². The van der Waals surface area contributed by atoms with Gasteiger partial charge in [-0.1, -0.05) is 25.3 Å². The number of hydrogen-bond acceptors (Lipinski definition) is 2. The molecule has 2 nitrogen and oxygen atoms in total. The number of thioether (sulfide) groups is 1. The number of halogens is 3. The van der Waals surface area contributed by atoms with Gasteiger partial charge < -0.3 is 5.32 Å². The minimum atomic E-state index is -4.33. The summed E-state index contributed by atoms with van der Waals surface area (Å²) in [7, 11) is 0. The van der Waals surface area contributed by atoms with E-state index in [-0.39, 0.29) is 34.2 Å². The number of nitrogens with one attached hydrogen (secondary N) is 1. The Hall–Kier alpha value is -1.17. The lowest BCUT2D eigenvalue weighted by molar-refractivity contribution is -0.0328. The molecule has 110 valence electrons. The molecule has 1 N–H and O–H groups in total. The average Bonchev–Trinajstić information content (AvgIpc) is 2.38. The van der Waals surface area contributed by atoms with Gasteiger partial charge in [-0.05, 0) is 42.8 Å². The molecule has 1 aliphatic carbocycles. The zero-order valence-corrected chi connectivity index (χ0v) is 11.7. The Labute approximate surface area is 120 Å². The van der Waals surface area contributed by atoms with Gasteiger partial charge in [-0.25, -0.2) is 0 Å². The standard InChI is InChI=1S/C14H16F3NOS/c15-14(16,17)20-12-8-4-5-10(9-12)13(19)18-11-6-2-1-3-7-11/h4-5,8-9,11H,1-3,6-7H2,(H,18,19). The number of benzene rings is 1. The number of hydrogen-bond donors (Lipinski definition) is 1. The third-order valence-corrected chi connectivity index (χ3v) is 3.99. The highest BCUT2D eigenvalue weighted by Gasteiger charge is 2.29. The minimum Gasteiger partial charge on any atom is -0.349 e. The SMILES string of the molecule is O=C(NC1CCCCC1)c1cccc(SC(F)(F)F)c1. The maximum absolute atomic E-state index is 12.3. The summed E-state index contributed by atoms with van der Waals surface area (Å²) in [5, 5.41) is 2.90. The Bertz CT molecular complexity index is 470. The predicted molar refractivity (Wildman–Crippen MR) is 72.7 cm³/mol. The van der Waals surface area contributed by atoms with E-state index in [4.69, 9.17) is 0 Å². The summed E-state index contributed by atoms with van der Waals surface area (Å²) in [6, 6.07) is 5.81. The van der Waals surface area contributed by atoms with E-state index in [0.29, 0.717) is 0 Å². The van der Waals surface area contributed by atoms with E-state index in [1.165, 1.54) is 24.6 Å². The summed E-state index contributed by atoms with van der Waals surface area (Å²) in [5.74, 6) is -0.290. The molecule has 1 aliphatic rings. The van der Waals surface area contributed by atoms with Crippen LogP contribution in [0.1, 0.15) is 42.5 Å². The average molecular weight is 303 g/mol. The summed E-state index contributed by atoms with van der Waals surface area (Å²) in [5.41, 5.74) is -4.05. The van der Waals surface area contributed by atoms with Crippen LogP contribution in [-0.4, -0.2) is 17.5 Å². The Morgan fingerprint density at radius 1 is 1.20 bits per heavy atom. The molecule has 1 aromatic carbocycles. The minimum absolute atomic E-state index is 0.0359. The molecule has 2 rings (SSSR count). The highest BCUT2D eigenvalue weighted by atomic mass is 32.2. The van der Waals surface area contributed by atoms with Crippen molar-refractivity contribution >= 4 is 17.7 Å². The fourth-order valence-corrected chi connectivity index (χ4v) is 2.95. The van der Waals surface area contributed by atoms with Gasteiger partial charge in [0.2, 0.25) is 0 Å². The highest BCUT2D eigenvalue weighted by Crippen LogP contribution is 2.36. The molecule has 6 heteroatoms. The number of alkyl halides is 3. The maximum Gasteiger partial charge on any atom is 0.446 e. The van der Waals surface area contributed by atoms with Gasteiger partial charge in [-0.15, -0.1) is 0 Å². The first-order chi connectivity index (χ1) is 9.44. The zero-order valence-electron chi connectivity index (χ0n) is 10.9. The molecule has 20 heavy (non-hydrogen) atoms. The molecule has 1 saturated carbocycles. The molecular weight excluding hydrogens is 287 g/mol. The third kappa shape index (κ3) is 4.74. The topological polar surface area (TPSA) is 29.1 Å². The molecule has 1 aromatic rings. The summed E-state index contributed by atoms with van der Waals surface area (Å²) in [6.45, 7) is 0. The number of amides is 1. The Balaban J connectivity index is 2.00. The van der Waals surface area contributed by atoms with Crippen molar-refractivity contribution in [3.63, 3.8) is 0 Å². The van der Waals surface area contributed by atoms with Crippen LogP contribution in [0.5, 0.6) is 0 Å². The van der Waals surface area contributed by atoms with Crippen LogP contribution in [0.15, 0.2) is 29.2 Å². The lowest BCUT2D eigenvalue weighted by atomic mass is 9.95. The normalized spacial score (nSPS) is 16.9. The van der Waals surface area contributed by atoms with Crippen molar-refractivity contribution in [3.05, 3.63) is 29.8 Å². The summed E-state index contributed by atoms with van der Waals surface area (Å²) in [6.07, 6.45) is 5.26. The van der Waals surface area contributed by atoms with Crippen molar-refractivity contribution < 1.29 is 18.0 Å². The van der Waals surface area contributed by atoms with Crippen molar-refractivity contribution in [2.75, 3.05) is 0 Å². The van der Waals surface area contributed by atoms with Gasteiger partial charge in [-0.2, -0.15) is 13.2 Å². The van der Waals surface area contributed by atoms with E-state index in [9.17, 15) is 18.0 Å². The molecular formula is C14H16F3NOS. The van der Waals surface area contributed by atoms with E-state index in [2.05, 4.69) is 5.32 Å². The third-order valence-electron chi connectivity index (χ3n) is 3.27. The van der Waals surface area contributed by atoms with Crippen LogP contribution in [0.25, 0.3) is 0 Å². The summed E-state index contributed by atoms with van der Waals surface area (Å²) in [4.78, 5) is 12.1. The van der Waals surface area contributed by atoms with Crippen LogP contribution in [0.3, 0.4) is 0 Å². The molecule has 0 bridgehead atoms. The van der Waals surface area contributed by atoms with Gasteiger partial charge in [0.1, 0.15) is 0 Å². The lowest BCUT2D eigenvalue weighted by Crippen LogP contribution is -2.36. The molecule has 0 radical (unpaired) electrons. The van der Waals surface area contributed by atoms with Crippen molar-refractivity contribution in [1.82, 2.24) is 5.32 Å². The molecule has 0 aromatic heterocycles. The molecule has 0 heterocycles. The number of rotatable bonds is 3. The van der Waals surface area contributed by atoms with E-state index in [1.807, 2.05) is 0 Å². The van der Waals surface area contributed by atoms with Crippen LogP contribution in [-0.2, 0) is 0 Å². The van der Waals surface area contributed by atoms with Crippen molar-refractivity contribution in [1.29, 1.82) is 0 Å². The quantitative estimate of drug-likeness (QED) is 0.841. The highest BCUT2D eigenvalue weighted by molar-refractivity contribution is 8.00. The first-order valence-corrected chi connectivity index (χ1v) is 7.42. The van der Waals surface area contributed by atoms with Crippen molar-refractivity contribution in [2.45, 2.75) is 48.5 Å². The fraction of sp³-hybridized carbons (Fsp3) is 0.500. The van der Waals surface area contributed by atoms with Crippen molar-refractivity contribution in [2.24, 2.45) is 0 Å². The second-order valence-electron chi connectivity index (χ2n) is 4.88. The Kier molecular flexibility index (Phi) is 4.96. The second-order valence-corrected chi connectivity index (χ2v) is 6.02. The molecule has 0 aliphatic heterocycles. The molecule has 1 fully saturated rings. The van der Waals surface area contributed by atoms with Gasteiger partial charge in [0.25, 0.3) is 5.91 Å².